The molecular weight excluding hydrogens is 442 g/mol. The fourth-order valence-electron chi connectivity index (χ4n) is 6.90. The summed E-state index contributed by atoms with van der Waals surface area (Å²) in [5, 5.41) is 11.6. The van der Waals surface area contributed by atoms with Crippen molar-refractivity contribution in [3.8, 4) is 0 Å². The highest BCUT2D eigenvalue weighted by Crippen LogP contribution is 2.64. The zero-order valence-electron chi connectivity index (χ0n) is 18.9. The number of fused-ring (bicyclic) bond motifs is 1. The van der Waals surface area contributed by atoms with Gasteiger partial charge >= 0.3 is 5.63 Å². The van der Waals surface area contributed by atoms with Crippen LogP contribution in [0.5, 0.6) is 0 Å². The molecule has 3 aromatic carbocycles. The minimum absolute atomic E-state index is 0.262. The van der Waals surface area contributed by atoms with Crippen LogP contribution in [0, 0.1) is 18.8 Å². The van der Waals surface area contributed by atoms with Crippen LogP contribution in [0.1, 0.15) is 33.7 Å². The van der Waals surface area contributed by atoms with Crippen molar-refractivity contribution in [1.82, 2.24) is 0 Å². The number of benzene rings is 3. The standard InChI is InChI=1S/C29H21NO5/c1-15-12-23(32)35-22-11-10-16(13-19(15)22)30-27(33)25-24-17-6-2-4-8-20(17)29(14-31,26(25)28(30)34)21-9-5-3-7-18(21)24/h2-13,24-26,31H,14H2,1H3/t24?,25-,26+,29?/m1/s1. The van der Waals surface area contributed by atoms with Gasteiger partial charge in [-0.05, 0) is 52.9 Å². The van der Waals surface area contributed by atoms with Gasteiger partial charge in [-0.1, -0.05) is 48.5 Å². The van der Waals surface area contributed by atoms with Gasteiger partial charge in [-0.2, -0.15) is 0 Å². The predicted octanol–water partition coefficient (Wildman–Crippen LogP) is 3.64. The molecule has 0 spiro atoms. The summed E-state index contributed by atoms with van der Waals surface area (Å²) in [6, 6.07) is 22.1. The first kappa shape index (κ1) is 20.4. The molecule has 0 radical (unpaired) electrons. The molecule has 1 aromatic heterocycles. The van der Waals surface area contributed by atoms with Gasteiger partial charge in [0.05, 0.1) is 29.5 Å². The minimum atomic E-state index is -0.992. The van der Waals surface area contributed by atoms with Gasteiger partial charge in [-0.15, -0.1) is 0 Å². The van der Waals surface area contributed by atoms with Gasteiger partial charge in [0.1, 0.15) is 5.58 Å². The van der Waals surface area contributed by atoms with E-state index in [4.69, 9.17) is 4.42 Å². The van der Waals surface area contributed by atoms with Crippen molar-refractivity contribution in [2.24, 2.45) is 11.8 Å². The Balaban J connectivity index is 1.46. The SMILES string of the molecule is Cc1cc(=O)oc2ccc(N3C(=O)[C@@H]4C5c6ccccc6C(CO)(c6ccccc65)[C@@H]4C3=O)cc12. The maximum Gasteiger partial charge on any atom is 0.336 e. The molecule has 0 unspecified atom stereocenters. The molecule has 2 atom stereocenters. The molecule has 35 heavy (non-hydrogen) atoms. The predicted molar refractivity (Wildman–Crippen MR) is 129 cm³/mol. The first-order chi connectivity index (χ1) is 17.0. The van der Waals surface area contributed by atoms with Crippen LogP contribution in [0.3, 0.4) is 0 Å². The normalized spacial score (nSPS) is 26.1. The molecule has 172 valence electrons. The fraction of sp³-hybridized carbons (Fsp3) is 0.207. The van der Waals surface area contributed by atoms with Crippen LogP contribution < -0.4 is 10.5 Å². The number of anilines is 1. The number of carbonyl (C=O) groups is 2. The number of amides is 2. The molecule has 4 aliphatic rings. The molecule has 0 saturated carbocycles. The average Bonchev–Trinajstić information content (AvgIpc) is 3.14. The molecule has 2 amide bonds. The van der Waals surface area contributed by atoms with E-state index < -0.39 is 22.9 Å². The monoisotopic (exact) mass is 463 g/mol. The second-order valence-electron chi connectivity index (χ2n) is 9.73. The molecule has 1 aliphatic heterocycles. The molecule has 4 aromatic rings. The number of imide groups is 1. The average molecular weight is 463 g/mol. The van der Waals surface area contributed by atoms with E-state index in [0.717, 1.165) is 22.3 Å². The van der Waals surface area contributed by atoms with Crippen LogP contribution in [0.4, 0.5) is 5.69 Å². The summed E-state index contributed by atoms with van der Waals surface area (Å²) < 4.78 is 5.29. The number of nitrogens with zero attached hydrogens (tertiary/aromatic N) is 1. The summed E-state index contributed by atoms with van der Waals surface area (Å²) in [6.07, 6.45) is 0. The Bertz CT molecular complexity index is 1600. The number of aryl methyl sites for hydroxylation is 1. The zero-order valence-corrected chi connectivity index (χ0v) is 18.9. The Hall–Kier alpha value is -4.03. The Morgan fingerprint density at radius 2 is 1.54 bits per heavy atom. The molecule has 1 N–H and O–H groups in total. The highest BCUT2D eigenvalue weighted by Gasteiger charge is 2.68. The number of aliphatic hydroxyl groups excluding tert-OH is 1. The molecule has 1 fully saturated rings. The summed E-state index contributed by atoms with van der Waals surface area (Å²) in [6.45, 7) is 1.52. The molecule has 2 heterocycles. The summed E-state index contributed by atoms with van der Waals surface area (Å²) in [5.74, 6) is -2.15. The van der Waals surface area contributed by atoms with E-state index in [1.165, 1.54) is 11.0 Å². The lowest BCUT2D eigenvalue weighted by Gasteiger charge is -2.53. The largest absolute Gasteiger partial charge is 0.423 e. The van der Waals surface area contributed by atoms with Crippen molar-refractivity contribution >= 4 is 28.5 Å². The van der Waals surface area contributed by atoms with Crippen molar-refractivity contribution in [3.05, 3.63) is 111 Å². The van der Waals surface area contributed by atoms with Crippen LogP contribution >= 0.6 is 0 Å². The number of hydrogen-bond acceptors (Lipinski definition) is 5. The van der Waals surface area contributed by atoms with Crippen LogP contribution in [0.15, 0.2) is 82.0 Å². The van der Waals surface area contributed by atoms with E-state index in [-0.39, 0.29) is 24.3 Å². The Kier molecular flexibility index (Phi) is 3.93. The zero-order chi connectivity index (χ0) is 24.1. The summed E-state index contributed by atoms with van der Waals surface area (Å²) in [4.78, 5) is 41.2. The number of rotatable bonds is 2. The lowest BCUT2D eigenvalue weighted by Crippen LogP contribution is -2.55. The van der Waals surface area contributed by atoms with Gasteiger partial charge in [0, 0.05) is 17.4 Å². The maximum atomic E-state index is 14.1. The Morgan fingerprint density at radius 3 is 2.20 bits per heavy atom. The lowest BCUT2D eigenvalue weighted by atomic mass is 9.47. The Morgan fingerprint density at radius 1 is 0.886 bits per heavy atom. The van der Waals surface area contributed by atoms with Crippen LogP contribution in [-0.4, -0.2) is 23.5 Å². The third-order valence-corrected chi connectivity index (χ3v) is 8.23. The fourth-order valence-corrected chi connectivity index (χ4v) is 6.90. The van der Waals surface area contributed by atoms with E-state index >= 15 is 0 Å². The first-order valence-corrected chi connectivity index (χ1v) is 11.7. The van der Waals surface area contributed by atoms with Crippen molar-refractivity contribution in [1.29, 1.82) is 0 Å². The van der Waals surface area contributed by atoms with E-state index in [0.29, 0.717) is 22.2 Å². The minimum Gasteiger partial charge on any atom is -0.423 e. The van der Waals surface area contributed by atoms with Crippen LogP contribution in [0.2, 0.25) is 0 Å². The van der Waals surface area contributed by atoms with Crippen molar-refractivity contribution in [2.75, 3.05) is 11.5 Å². The van der Waals surface area contributed by atoms with Gasteiger partial charge in [0.25, 0.3) is 0 Å². The van der Waals surface area contributed by atoms with Gasteiger partial charge in [-0.3, -0.25) is 9.59 Å². The molecular formula is C29H21NO5. The maximum absolute atomic E-state index is 14.1. The second-order valence-corrected chi connectivity index (χ2v) is 9.73. The molecule has 8 rings (SSSR count). The van der Waals surface area contributed by atoms with E-state index in [9.17, 15) is 19.5 Å². The summed E-state index contributed by atoms with van der Waals surface area (Å²) >= 11 is 0. The van der Waals surface area contributed by atoms with Crippen molar-refractivity contribution in [2.45, 2.75) is 18.3 Å². The molecule has 6 heteroatoms. The highest BCUT2D eigenvalue weighted by molar-refractivity contribution is 6.24. The topological polar surface area (TPSA) is 87.8 Å². The molecule has 1 saturated heterocycles. The second kappa shape index (κ2) is 6.77. The number of carbonyl (C=O) groups excluding carboxylic acids is 2. The van der Waals surface area contributed by atoms with Crippen molar-refractivity contribution < 1.29 is 19.1 Å². The Labute approximate surface area is 200 Å². The summed E-state index contributed by atoms with van der Waals surface area (Å²) in [7, 11) is 0. The highest BCUT2D eigenvalue weighted by atomic mass is 16.4. The number of aliphatic hydroxyl groups is 1. The van der Waals surface area contributed by atoms with E-state index in [2.05, 4.69) is 0 Å². The quantitative estimate of drug-likeness (QED) is 0.362. The summed E-state index contributed by atoms with van der Waals surface area (Å²) in [5.41, 5.74) is 3.97. The third-order valence-electron chi connectivity index (χ3n) is 8.23. The lowest BCUT2D eigenvalue weighted by molar-refractivity contribution is -0.124. The van der Waals surface area contributed by atoms with Gasteiger partial charge in [-0.25, -0.2) is 9.69 Å². The van der Waals surface area contributed by atoms with Gasteiger partial charge in [0.15, 0.2) is 0 Å². The molecule has 3 aliphatic carbocycles. The number of hydrogen-bond donors (Lipinski definition) is 1. The molecule has 6 nitrogen and oxygen atoms in total. The van der Waals surface area contributed by atoms with Gasteiger partial charge in [0.2, 0.25) is 11.8 Å². The van der Waals surface area contributed by atoms with Gasteiger partial charge < -0.3 is 9.52 Å². The van der Waals surface area contributed by atoms with Crippen LogP contribution in [0.25, 0.3) is 11.0 Å². The third kappa shape index (κ3) is 2.35. The van der Waals surface area contributed by atoms with Crippen molar-refractivity contribution in [3.63, 3.8) is 0 Å². The van der Waals surface area contributed by atoms with E-state index in [1.807, 2.05) is 48.5 Å². The molecule has 2 bridgehead atoms. The van der Waals surface area contributed by atoms with E-state index in [1.54, 1.807) is 25.1 Å². The first-order valence-electron chi connectivity index (χ1n) is 11.7. The smallest absolute Gasteiger partial charge is 0.336 e. The van der Waals surface area contributed by atoms with Crippen LogP contribution in [-0.2, 0) is 15.0 Å².